The van der Waals surface area contributed by atoms with E-state index in [1.807, 2.05) is 24.7 Å². The van der Waals surface area contributed by atoms with Gasteiger partial charge in [-0.2, -0.15) is 0 Å². The van der Waals surface area contributed by atoms with Gasteiger partial charge in [0.05, 0.1) is 6.04 Å². The molecule has 3 unspecified atom stereocenters. The standard InChI is InChI=1S/C19H23N5O2S/c1-27-19-20-7-12(8-21-19)9-24-5-4-15-14(10-24)18(23-22-15)13-2-3-16-17(6-13)26-11-25-16/h2-3,6-8,14-15,18,22-23H,4-5,9-11H2,1H3. The van der Waals surface area contributed by atoms with Crippen LogP contribution in [0.2, 0.25) is 0 Å². The van der Waals surface area contributed by atoms with Gasteiger partial charge in [0.1, 0.15) is 0 Å². The molecule has 1 aromatic carbocycles. The minimum absolute atomic E-state index is 0.266. The lowest BCUT2D eigenvalue weighted by atomic mass is 9.85. The number of thioether (sulfide) groups is 1. The molecule has 0 aliphatic carbocycles. The maximum atomic E-state index is 5.56. The third kappa shape index (κ3) is 3.38. The van der Waals surface area contributed by atoms with Gasteiger partial charge in [-0.25, -0.2) is 15.4 Å². The second-order valence-corrected chi connectivity index (χ2v) is 8.02. The number of fused-ring (bicyclic) bond motifs is 2. The molecule has 0 bridgehead atoms. The maximum Gasteiger partial charge on any atom is 0.231 e. The summed E-state index contributed by atoms with van der Waals surface area (Å²) in [7, 11) is 0. The summed E-state index contributed by atoms with van der Waals surface area (Å²) in [5.74, 6) is 2.18. The molecule has 4 heterocycles. The predicted molar refractivity (Wildman–Crippen MR) is 103 cm³/mol. The molecule has 3 atom stereocenters. The molecule has 2 saturated heterocycles. The van der Waals surface area contributed by atoms with Crippen molar-refractivity contribution >= 4 is 11.8 Å². The summed E-state index contributed by atoms with van der Waals surface area (Å²) in [4.78, 5) is 11.3. The minimum Gasteiger partial charge on any atom is -0.454 e. The Bertz CT molecular complexity index is 818. The summed E-state index contributed by atoms with van der Waals surface area (Å²) < 4.78 is 11.0. The Balaban J connectivity index is 1.30. The van der Waals surface area contributed by atoms with Gasteiger partial charge in [0.25, 0.3) is 0 Å². The van der Waals surface area contributed by atoms with Crippen LogP contribution in [-0.2, 0) is 6.54 Å². The number of likely N-dealkylation sites (tertiary alicyclic amines) is 1. The highest BCUT2D eigenvalue weighted by Gasteiger charge is 2.40. The molecule has 3 aliphatic rings. The van der Waals surface area contributed by atoms with E-state index in [0.29, 0.717) is 18.8 Å². The average molecular weight is 385 g/mol. The van der Waals surface area contributed by atoms with Crippen molar-refractivity contribution < 1.29 is 9.47 Å². The van der Waals surface area contributed by atoms with Crippen molar-refractivity contribution in [1.29, 1.82) is 0 Å². The number of hydrazine groups is 1. The zero-order valence-electron chi connectivity index (χ0n) is 15.2. The van der Waals surface area contributed by atoms with Crippen LogP contribution >= 0.6 is 11.8 Å². The molecule has 142 valence electrons. The molecular weight excluding hydrogens is 362 g/mol. The van der Waals surface area contributed by atoms with Gasteiger partial charge in [-0.05, 0) is 30.4 Å². The van der Waals surface area contributed by atoms with E-state index in [0.717, 1.165) is 42.7 Å². The predicted octanol–water partition coefficient (Wildman–Crippen LogP) is 1.97. The Kier molecular flexibility index (Phi) is 4.65. The topological polar surface area (TPSA) is 71.5 Å². The Morgan fingerprint density at radius 2 is 2.04 bits per heavy atom. The van der Waals surface area contributed by atoms with Gasteiger partial charge in [0.2, 0.25) is 6.79 Å². The molecule has 3 aliphatic heterocycles. The number of rotatable bonds is 4. The van der Waals surface area contributed by atoms with Gasteiger partial charge in [-0.1, -0.05) is 17.8 Å². The lowest BCUT2D eigenvalue weighted by Gasteiger charge is -2.36. The summed E-state index contributed by atoms with van der Waals surface area (Å²) >= 11 is 1.57. The van der Waals surface area contributed by atoms with Gasteiger partial charge in [-0.15, -0.1) is 0 Å². The van der Waals surface area contributed by atoms with Crippen molar-refractivity contribution in [3.8, 4) is 11.5 Å². The number of hydrogen-bond acceptors (Lipinski definition) is 8. The van der Waals surface area contributed by atoms with Crippen LogP contribution in [-0.4, -0.2) is 47.0 Å². The number of piperidine rings is 1. The fraction of sp³-hybridized carbons (Fsp3) is 0.474. The highest BCUT2D eigenvalue weighted by molar-refractivity contribution is 7.98. The van der Waals surface area contributed by atoms with Crippen LogP contribution in [0.1, 0.15) is 23.6 Å². The van der Waals surface area contributed by atoms with Gasteiger partial charge in [0.15, 0.2) is 16.7 Å². The highest BCUT2D eigenvalue weighted by Crippen LogP contribution is 2.39. The molecule has 0 radical (unpaired) electrons. The van der Waals surface area contributed by atoms with E-state index < -0.39 is 0 Å². The molecule has 1 aromatic heterocycles. The Morgan fingerprint density at radius 3 is 2.89 bits per heavy atom. The smallest absolute Gasteiger partial charge is 0.231 e. The maximum absolute atomic E-state index is 5.56. The fourth-order valence-corrected chi connectivity index (χ4v) is 4.56. The monoisotopic (exact) mass is 385 g/mol. The van der Waals surface area contributed by atoms with E-state index in [9.17, 15) is 0 Å². The van der Waals surface area contributed by atoms with E-state index in [1.165, 1.54) is 11.1 Å². The van der Waals surface area contributed by atoms with Gasteiger partial charge in [-0.3, -0.25) is 10.3 Å². The summed E-state index contributed by atoms with van der Waals surface area (Å²) in [6.07, 6.45) is 7.02. The van der Waals surface area contributed by atoms with Crippen molar-refractivity contribution in [2.24, 2.45) is 5.92 Å². The Morgan fingerprint density at radius 1 is 1.19 bits per heavy atom. The van der Waals surface area contributed by atoms with Gasteiger partial charge in [0, 0.05) is 49.6 Å². The van der Waals surface area contributed by atoms with Crippen LogP contribution in [0.5, 0.6) is 11.5 Å². The molecule has 8 heteroatoms. The van der Waals surface area contributed by atoms with Gasteiger partial charge >= 0.3 is 0 Å². The highest BCUT2D eigenvalue weighted by atomic mass is 32.2. The first kappa shape index (κ1) is 17.2. The van der Waals surface area contributed by atoms with Gasteiger partial charge < -0.3 is 9.47 Å². The number of aromatic nitrogens is 2. The number of benzene rings is 1. The normalized spacial score (nSPS) is 26.9. The summed E-state index contributed by atoms with van der Waals surface area (Å²) in [5, 5.41) is 0.824. The molecule has 27 heavy (non-hydrogen) atoms. The molecule has 2 fully saturated rings. The third-order valence-corrected chi connectivity index (χ3v) is 6.20. The molecular formula is C19H23N5O2S. The average Bonchev–Trinajstić information content (AvgIpc) is 3.34. The van der Waals surface area contributed by atoms with E-state index in [1.54, 1.807) is 11.8 Å². The molecule has 0 saturated carbocycles. The van der Waals surface area contributed by atoms with Crippen molar-refractivity contribution in [2.75, 3.05) is 26.1 Å². The summed E-state index contributed by atoms with van der Waals surface area (Å²) in [6, 6.07) is 7.02. The fourth-order valence-electron chi connectivity index (χ4n) is 4.24. The first-order valence-electron chi connectivity index (χ1n) is 9.28. The SMILES string of the molecule is CSc1ncc(CN2CCC3NNC(c4ccc5c(c4)OCO5)C3C2)cn1. The molecule has 2 N–H and O–H groups in total. The van der Waals surface area contributed by atoms with Crippen LogP contribution < -0.4 is 20.3 Å². The van der Waals surface area contributed by atoms with Crippen LogP contribution in [0.25, 0.3) is 0 Å². The van der Waals surface area contributed by atoms with E-state index >= 15 is 0 Å². The molecule has 2 aromatic rings. The second kappa shape index (κ2) is 7.27. The van der Waals surface area contributed by atoms with Crippen LogP contribution in [0.3, 0.4) is 0 Å². The molecule has 0 spiro atoms. The molecule has 5 rings (SSSR count). The summed E-state index contributed by atoms with van der Waals surface area (Å²) in [5.41, 5.74) is 9.42. The number of ether oxygens (including phenoxy) is 2. The van der Waals surface area contributed by atoms with Crippen LogP contribution in [0, 0.1) is 5.92 Å². The lowest BCUT2D eigenvalue weighted by Crippen LogP contribution is -2.45. The number of hydrogen-bond donors (Lipinski definition) is 2. The van der Waals surface area contributed by atoms with E-state index in [2.05, 4.69) is 37.9 Å². The number of nitrogens with zero attached hydrogens (tertiary/aromatic N) is 3. The second-order valence-electron chi connectivity index (χ2n) is 7.25. The third-order valence-electron chi connectivity index (χ3n) is 5.62. The Labute approximate surface area is 162 Å². The lowest BCUT2D eigenvalue weighted by molar-refractivity contribution is 0.148. The molecule has 7 nitrogen and oxygen atoms in total. The first-order valence-corrected chi connectivity index (χ1v) is 10.5. The van der Waals surface area contributed by atoms with Crippen LogP contribution in [0.4, 0.5) is 0 Å². The van der Waals surface area contributed by atoms with Crippen LogP contribution in [0.15, 0.2) is 35.7 Å². The zero-order chi connectivity index (χ0) is 18.2. The molecule has 0 amide bonds. The number of nitrogens with one attached hydrogen (secondary N) is 2. The Hall–Kier alpha value is -1.87. The first-order chi connectivity index (χ1) is 13.3. The van der Waals surface area contributed by atoms with Crippen molar-refractivity contribution in [1.82, 2.24) is 25.7 Å². The van der Waals surface area contributed by atoms with Crippen molar-refractivity contribution in [3.05, 3.63) is 41.7 Å². The van der Waals surface area contributed by atoms with E-state index in [-0.39, 0.29) is 6.04 Å². The van der Waals surface area contributed by atoms with Crippen molar-refractivity contribution in [3.63, 3.8) is 0 Å². The quantitative estimate of drug-likeness (QED) is 0.611. The zero-order valence-corrected chi connectivity index (χ0v) is 16.0. The van der Waals surface area contributed by atoms with Crippen molar-refractivity contribution in [2.45, 2.75) is 30.2 Å². The van der Waals surface area contributed by atoms with E-state index in [4.69, 9.17) is 9.47 Å². The minimum atomic E-state index is 0.266. The summed E-state index contributed by atoms with van der Waals surface area (Å²) in [6.45, 7) is 3.32. The largest absolute Gasteiger partial charge is 0.454 e.